The Morgan fingerprint density at radius 2 is 1.50 bits per heavy atom. The Balaban J connectivity index is 0.000000211. The Kier molecular flexibility index (Phi) is 9.45. The standard InChI is InChI=1S/C4H11NO2.C4H5N/c6-3-1-5-2-4-7;1-2-4-5-3-1/h5-7H,1-4H2;1-5H. The number of aliphatic hydroxyl groups excluding tert-OH is 2. The fourth-order valence-corrected chi connectivity index (χ4v) is 0.561. The van der Waals surface area contributed by atoms with Crippen molar-refractivity contribution in [1.29, 1.82) is 0 Å². The van der Waals surface area contributed by atoms with Gasteiger partial charge in [0, 0.05) is 25.5 Å². The molecule has 0 saturated carbocycles. The maximum Gasteiger partial charge on any atom is 0.0555 e. The van der Waals surface area contributed by atoms with Gasteiger partial charge in [-0.3, -0.25) is 0 Å². The highest BCUT2D eigenvalue weighted by atomic mass is 16.3. The van der Waals surface area contributed by atoms with Crippen LogP contribution in [0.1, 0.15) is 0 Å². The van der Waals surface area contributed by atoms with Gasteiger partial charge < -0.3 is 20.5 Å². The zero-order valence-electron chi connectivity index (χ0n) is 7.03. The third-order valence-corrected chi connectivity index (χ3v) is 1.07. The Hall–Kier alpha value is -0.840. The SMILES string of the molecule is OCCNCCO.c1cc[nH]c1. The first kappa shape index (κ1) is 11.2. The van der Waals surface area contributed by atoms with Crippen LogP contribution in [0.2, 0.25) is 0 Å². The van der Waals surface area contributed by atoms with E-state index in [-0.39, 0.29) is 13.2 Å². The molecule has 0 spiro atoms. The van der Waals surface area contributed by atoms with Gasteiger partial charge >= 0.3 is 0 Å². The molecule has 1 heterocycles. The smallest absolute Gasteiger partial charge is 0.0555 e. The molecule has 1 aromatic heterocycles. The first-order valence-corrected chi connectivity index (χ1v) is 3.92. The highest BCUT2D eigenvalue weighted by Gasteiger charge is 1.78. The van der Waals surface area contributed by atoms with Crippen molar-refractivity contribution in [2.45, 2.75) is 0 Å². The number of nitrogens with one attached hydrogen (secondary N) is 2. The van der Waals surface area contributed by atoms with Crippen LogP contribution in [-0.2, 0) is 0 Å². The minimum absolute atomic E-state index is 0.139. The number of aromatic nitrogens is 1. The topological polar surface area (TPSA) is 68.3 Å². The summed E-state index contributed by atoms with van der Waals surface area (Å²) < 4.78 is 0. The molecule has 0 aliphatic heterocycles. The second-order valence-electron chi connectivity index (χ2n) is 2.08. The molecule has 4 N–H and O–H groups in total. The number of hydrogen-bond donors (Lipinski definition) is 4. The number of aliphatic hydroxyl groups is 2. The molecule has 0 bridgehead atoms. The number of rotatable bonds is 4. The highest BCUT2D eigenvalue weighted by molar-refractivity contribution is 4.84. The molecule has 0 aliphatic carbocycles. The molecule has 0 amide bonds. The van der Waals surface area contributed by atoms with Gasteiger partial charge in [0.15, 0.2) is 0 Å². The van der Waals surface area contributed by atoms with Gasteiger partial charge in [0.05, 0.1) is 13.2 Å². The second kappa shape index (κ2) is 10.2. The van der Waals surface area contributed by atoms with Crippen molar-refractivity contribution in [2.24, 2.45) is 0 Å². The van der Waals surface area contributed by atoms with Gasteiger partial charge in [-0.25, -0.2) is 0 Å². The molecule has 0 unspecified atom stereocenters. The van der Waals surface area contributed by atoms with Crippen molar-refractivity contribution in [2.75, 3.05) is 26.3 Å². The summed E-state index contributed by atoms with van der Waals surface area (Å²) in [5, 5.41) is 19.1. The molecule has 0 radical (unpaired) electrons. The predicted molar refractivity (Wildman–Crippen MR) is 47.8 cm³/mol. The molecule has 70 valence electrons. The van der Waals surface area contributed by atoms with Crippen LogP contribution >= 0.6 is 0 Å². The predicted octanol–water partition coefficient (Wildman–Crippen LogP) is -0.425. The van der Waals surface area contributed by atoms with Crippen LogP contribution in [0, 0.1) is 0 Å². The van der Waals surface area contributed by atoms with Crippen LogP contribution < -0.4 is 5.32 Å². The lowest BCUT2D eigenvalue weighted by Crippen LogP contribution is -2.21. The third kappa shape index (κ3) is 9.16. The second-order valence-corrected chi connectivity index (χ2v) is 2.08. The molecule has 12 heavy (non-hydrogen) atoms. The number of hydrogen-bond acceptors (Lipinski definition) is 3. The van der Waals surface area contributed by atoms with Gasteiger partial charge in [-0.15, -0.1) is 0 Å². The van der Waals surface area contributed by atoms with Crippen molar-refractivity contribution in [3.05, 3.63) is 24.5 Å². The van der Waals surface area contributed by atoms with E-state index in [9.17, 15) is 0 Å². The van der Waals surface area contributed by atoms with Crippen LogP contribution in [-0.4, -0.2) is 41.5 Å². The van der Waals surface area contributed by atoms with Gasteiger partial charge in [0.1, 0.15) is 0 Å². The monoisotopic (exact) mass is 172 g/mol. The van der Waals surface area contributed by atoms with Gasteiger partial charge in [-0.05, 0) is 12.1 Å². The van der Waals surface area contributed by atoms with E-state index in [1.54, 1.807) is 0 Å². The molecule has 1 rings (SSSR count). The zero-order chi connectivity index (χ0) is 9.07. The van der Waals surface area contributed by atoms with E-state index in [1.807, 2.05) is 24.5 Å². The van der Waals surface area contributed by atoms with Crippen molar-refractivity contribution < 1.29 is 10.2 Å². The maximum absolute atomic E-state index is 8.15. The minimum Gasteiger partial charge on any atom is -0.395 e. The summed E-state index contributed by atoms with van der Waals surface area (Å²) in [6.07, 6.45) is 3.75. The average Bonchev–Trinajstić information content (AvgIpc) is 2.62. The average molecular weight is 172 g/mol. The first-order chi connectivity index (χ1) is 5.91. The van der Waals surface area contributed by atoms with Crippen LogP contribution in [0.4, 0.5) is 0 Å². The van der Waals surface area contributed by atoms with E-state index >= 15 is 0 Å². The Labute approximate surface area is 72.2 Å². The van der Waals surface area contributed by atoms with Crippen LogP contribution in [0.25, 0.3) is 0 Å². The van der Waals surface area contributed by atoms with E-state index in [0.29, 0.717) is 13.1 Å². The van der Waals surface area contributed by atoms with Crippen LogP contribution in [0.5, 0.6) is 0 Å². The van der Waals surface area contributed by atoms with Crippen molar-refractivity contribution in [3.63, 3.8) is 0 Å². The van der Waals surface area contributed by atoms with E-state index in [0.717, 1.165) is 0 Å². The molecule has 0 aliphatic rings. The van der Waals surface area contributed by atoms with E-state index in [1.165, 1.54) is 0 Å². The normalized spacial score (nSPS) is 8.83. The molecule has 4 nitrogen and oxygen atoms in total. The third-order valence-electron chi connectivity index (χ3n) is 1.07. The van der Waals surface area contributed by atoms with E-state index < -0.39 is 0 Å². The molecule has 1 aromatic rings. The minimum atomic E-state index is 0.139. The summed E-state index contributed by atoms with van der Waals surface area (Å²) >= 11 is 0. The molecule has 0 fully saturated rings. The Morgan fingerprint density at radius 1 is 1.00 bits per heavy atom. The molecular formula is C8H16N2O2. The van der Waals surface area contributed by atoms with Gasteiger partial charge in [0.2, 0.25) is 0 Å². The lowest BCUT2D eigenvalue weighted by molar-refractivity contribution is 0.267. The van der Waals surface area contributed by atoms with Gasteiger partial charge in [-0.2, -0.15) is 0 Å². The lowest BCUT2D eigenvalue weighted by atomic mass is 10.6. The van der Waals surface area contributed by atoms with Crippen molar-refractivity contribution in [1.82, 2.24) is 10.3 Å². The summed E-state index contributed by atoms with van der Waals surface area (Å²) in [4.78, 5) is 2.86. The Morgan fingerprint density at radius 3 is 1.75 bits per heavy atom. The van der Waals surface area contributed by atoms with Crippen LogP contribution in [0.3, 0.4) is 0 Å². The highest BCUT2D eigenvalue weighted by Crippen LogP contribution is 1.72. The molecular weight excluding hydrogens is 156 g/mol. The van der Waals surface area contributed by atoms with Crippen LogP contribution in [0.15, 0.2) is 24.5 Å². The van der Waals surface area contributed by atoms with Gasteiger partial charge in [-0.1, -0.05) is 0 Å². The summed E-state index contributed by atoms with van der Waals surface area (Å²) in [5.41, 5.74) is 0. The maximum atomic E-state index is 8.15. The fourth-order valence-electron chi connectivity index (χ4n) is 0.561. The molecule has 4 heteroatoms. The summed E-state index contributed by atoms with van der Waals surface area (Å²) in [6.45, 7) is 1.42. The van der Waals surface area contributed by atoms with E-state index in [4.69, 9.17) is 10.2 Å². The summed E-state index contributed by atoms with van der Waals surface area (Å²) in [6, 6.07) is 3.89. The van der Waals surface area contributed by atoms with Gasteiger partial charge in [0.25, 0.3) is 0 Å². The first-order valence-electron chi connectivity index (χ1n) is 3.92. The molecule has 0 aromatic carbocycles. The zero-order valence-corrected chi connectivity index (χ0v) is 7.03. The Bertz CT molecular complexity index is 122. The summed E-state index contributed by atoms with van der Waals surface area (Å²) in [5.74, 6) is 0. The quantitative estimate of drug-likeness (QED) is 0.466. The molecule has 0 atom stereocenters. The lowest BCUT2D eigenvalue weighted by Gasteiger charge is -1.94. The fraction of sp³-hybridized carbons (Fsp3) is 0.500. The van der Waals surface area contributed by atoms with Crippen molar-refractivity contribution in [3.8, 4) is 0 Å². The van der Waals surface area contributed by atoms with Crippen molar-refractivity contribution >= 4 is 0 Å². The summed E-state index contributed by atoms with van der Waals surface area (Å²) in [7, 11) is 0. The largest absolute Gasteiger partial charge is 0.395 e. The number of aromatic amines is 1. The molecule has 0 saturated heterocycles. The van der Waals surface area contributed by atoms with E-state index in [2.05, 4.69) is 10.3 Å². The number of H-pyrrole nitrogens is 1.